The zero-order valence-electron chi connectivity index (χ0n) is 22.3. The van der Waals surface area contributed by atoms with Gasteiger partial charge in [0.1, 0.15) is 48.1 Å². The summed E-state index contributed by atoms with van der Waals surface area (Å²) in [6, 6.07) is 0. The van der Waals surface area contributed by atoms with E-state index in [9.17, 15) is 9.46 Å². The molecule has 23 heteroatoms. The number of nitrogens with zero attached hydrogens (tertiary/aromatic N) is 8. The maximum Gasteiger partial charge on any atom is 0.386 e. The minimum atomic E-state index is -4.40. The van der Waals surface area contributed by atoms with E-state index in [-0.39, 0.29) is 22.6 Å². The van der Waals surface area contributed by atoms with Gasteiger partial charge in [0.25, 0.3) is 0 Å². The topological polar surface area (TPSA) is 206 Å². The Morgan fingerprint density at radius 3 is 2.32 bits per heavy atom. The van der Waals surface area contributed by atoms with Gasteiger partial charge in [0.05, 0.1) is 31.6 Å². The van der Waals surface area contributed by atoms with Crippen molar-refractivity contribution in [3.63, 3.8) is 0 Å². The molecule has 2 unspecified atom stereocenters. The second-order valence-corrected chi connectivity index (χ2v) is 15.7. The van der Waals surface area contributed by atoms with Crippen LogP contribution >= 0.6 is 25.8 Å². The maximum absolute atomic E-state index is 16.0. The third kappa shape index (κ3) is 5.32. The van der Waals surface area contributed by atoms with Crippen molar-refractivity contribution in [3.8, 4) is 0 Å². The van der Waals surface area contributed by atoms with Gasteiger partial charge in [-0.1, -0.05) is 12.2 Å². The monoisotopic (exact) mass is 693 g/mol. The largest absolute Gasteiger partial charge is 0.386 e. The van der Waals surface area contributed by atoms with Gasteiger partial charge in [0.15, 0.2) is 41.9 Å². The first kappa shape index (κ1) is 30.4. The molecule has 0 aromatic carbocycles. The summed E-state index contributed by atoms with van der Waals surface area (Å²) in [7, 11) is 0. The van der Waals surface area contributed by atoms with Crippen molar-refractivity contribution in [1.29, 1.82) is 0 Å². The van der Waals surface area contributed by atoms with Crippen LogP contribution in [0.4, 0.5) is 14.6 Å². The average Bonchev–Trinajstić information content (AvgIpc) is 3.73. The summed E-state index contributed by atoms with van der Waals surface area (Å²) in [6.07, 6.45) is -7.58. The van der Waals surface area contributed by atoms with E-state index in [1.165, 1.54) is 34.4 Å². The van der Waals surface area contributed by atoms with E-state index in [0.717, 1.165) is 0 Å². The third-order valence-electron chi connectivity index (χ3n) is 7.32. The fourth-order valence-corrected chi connectivity index (χ4v) is 8.15. The fourth-order valence-electron chi connectivity index (χ4n) is 5.26. The van der Waals surface area contributed by atoms with Crippen molar-refractivity contribution in [2.24, 2.45) is 0 Å². The van der Waals surface area contributed by atoms with Crippen LogP contribution in [-0.4, -0.2) is 93.9 Å². The summed E-state index contributed by atoms with van der Waals surface area (Å²) in [4.78, 5) is 35.5. The zero-order valence-corrected chi connectivity index (χ0v) is 25.8. The Labute approximate surface area is 256 Å². The summed E-state index contributed by atoms with van der Waals surface area (Å²) in [5, 5.41) is 0. The number of rotatable bonds is 2. The number of hydrogen-bond donors (Lipinski definition) is 3. The highest BCUT2D eigenvalue weighted by Crippen LogP contribution is 2.59. The second kappa shape index (κ2) is 11.2. The lowest BCUT2D eigenvalue weighted by atomic mass is 10.1. The number of alkyl halides is 2. The standard InChI is InChI=1S/C21H23F2N9O8P2S2/c1-8-13-18(27-4-25-8)32(6-29-13)21-16-11(22)9(37-21)2-35-41(33,43)39-15-10(3-36-42(34,44)40-16)38-20(12(15)23)31-7-30-14-17(24)26-5-28-19(14)31/h4-7,9-12,15-16,20-21H,2-3H2,1H3,(H,33,43)(H,34,44)(H2,24,26,28)/t9-,10-,11+,12-,15-,16-,20-,21-,41?,42?/m1/s1. The fraction of sp³-hybridized carbons (Fsp3) is 0.524. The van der Waals surface area contributed by atoms with E-state index in [2.05, 4.69) is 42.2 Å². The summed E-state index contributed by atoms with van der Waals surface area (Å²) in [5.74, 6) is 0.0595. The first-order chi connectivity index (χ1) is 20.9. The van der Waals surface area contributed by atoms with Crippen LogP contribution in [0.3, 0.4) is 0 Å². The number of aromatic nitrogens is 8. The maximum atomic E-state index is 16.0. The smallest absolute Gasteiger partial charge is 0.382 e. The molecule has 3 saturated heterocycles. The summed E-state index contributed by atoms with van der Waals surface area (Å²) in [6.45, 7) is -8.22. The first-order valence-electron chi connectivity index (χ1n) is 12.9. The number of aryl methyl sites for hydroxylation is 1. The molecule has 236 valence electrons. The van der Waals surface area contributed by atoms with Crippen LogP contribution < -0.4 is 5.73 Å². The third-order valence-corrected chi connectivity index (χ3v) is 10.5. The van der Waals surface area contributed by atoms with Gasteiger partial charge in [-0.05, 0) is 18.7 Å². The molecule has 44 heavy (non-hydrogen) atoms. The summed E-state index contributed by atoms with van der Waals surface area (Å²) in [5.41, 5.74) is 7.47. The van der Waals surface area contributed by atoms with Crippen molar-refractivity contribution in [2.45, 2.75) is 56.1 Å². The second-order valence-electron chi connectivity index (χ2n) is 10.1. The first-order valence-corrected chi connectivity index (χ1v) is 18.2. The lowest BCUT2D eigenvalue weighted by molar-refractivity contribution is -0.0578. The Kier molecular flexibility index (Phi) is 7.73. The molecule has 0 amide bonds. The Balaban J connectivity index is 1.20. The van der Waals surface area contributed by atoms with Crippen LogP contribution in [0.25, 0.3) is 22.3 Å². The Bertz CT molecular complexity index is 1840. The number of anilines is 1. The predicted molar refractivity (Wildman–Crippen MR) is 152 cm³/mol. The predicted octanol–water partition coefficient (Wildman–Crippen LogP) is 2.10. The van der Waals surface area contributed by atoms with Crippen LogP contribution in [0.5, 0.6) is 0 Å². The molecule has 7 heterocycles. The normalized spacial score (nSPS) is 38.3. The number of nitrogens with two attached hydrogens (primary N) is 1. The Morgan fingerprint density at radius 2 is 1.55 bits per heavy atom. The van der Waals surface area contributed by atoms with E-state index in [0.29, 0.717) is 11.2 Å². The Morgan fingerprint density at radius 1 is 0.909 bits per heavy atom. The van der Waals surface area contributed by atoms with E-state index >= 15 is 8.78 Å². The van der Waals surface area contributed by atoms with Crippen LogP contribution in [0, 0.1) is 6.92 Å². The van der Waals surface area contributed by atoms with Gasteiger partial charge in [-0.2, -0.15) is 0 Å². The highest BCUT2D eigenvalue weighted by molar-refractivity contribution is 8.44. The molecule has 4 aromatic heterocycles. The van der Waals surface area contributed by atoms with Crippen LogP contribution in [0.15, 0.2) is 25.3 Å². The van der Waals surface area contributed by atoms with Gasteiger partial charge in [-0.3, -0.25) is 22.7 Å². The van der Waals surface area contributed by atoms with Gasteiger partial charge in [0.2, 0.25) is 0 Å². The molecule has 3 N–H and O–H groups in total. The van der Waals surface area contributed by atoms with Gasteiger partial charge >= 0.3 is 13.5 Å². The number of halogens is 2. The van der Waals surface area contributed by atoms with Crippen molar-refractivity contribution in [1.82, 2.24) is 39.0 Å². The molecule has 0 aliphatic carbocycles. The van der Waals surface area contributed by atoms with Gasteiger partial charge in [-0.25, -0.2) is 43.2 Å². The molecule has 0 saturated carbocycles. The average molecular weight is 694 g/mol. The number of ether oxygens (including phenoxy) is 2. The van der Waals surface area contributed by atoms with Crippen LogP contribution in [0.2, 0.25) is 0 Å². The highest BCUT2D eigenvalue weighted by atomic mass is 32.7. The van der Waals surface area contributed by atoms with Crippen LogP contribution in [-0.2, 0) is 43.9 Å². The Hall–Kier alpha value is -2.29. The van der Waals surface area contributed by atoms with Gasteiger partial charge in [0, 0.05) is 0 Å². The van der Waals surface area contributed by atoms with E-state index in [4.69, 9.17) is 45.1 Å². The molecular weight excluding hydrogens is 670 g/mol. The number of imidazole rings is 2. The molecule has 4 aromatic rings. The zero-order chi connectivity index (χ0) is 31.0. The number of thiol groups is 1. The lowest BCUT2D eigenvalue weighted by Gasteiger charge is -2.26. The molecule has 0 radical (unpaired) electrons. The number of hydrogen-bond acceptors (Lipinski definition) is 15. The van der Waals surface area contributed by atoms with Crippen molar-refractivity contribution < 1.29 is 45.8 Å². The molecule has 0 spiro atoms. The molecule has 3 aliphatic rings. The van der Waals surface area contributed by atoms with E-state index < -0.39 is 75.9 Å². The van der Waals surface area contributed by atoms with Crippen molar-refractivity contribution in [2.75, 3.05) is 18.9 Å². The molecule has 3 fully saturated rings. The molecular formula is C21H23F2N9O8P2S2. The number of fused-ring (bicyclic) bond motifs is 5. The SMILES string of the molecule is Cc1ncnc2c1ncn2[C@@H]1O[C@@H]2COP(O)(=S)O[C@H]3[C@@H](F)[C@H](n4cnc5c(N)ncnc54)O[C@@H]3COP(=O)(S)O[C@@H]1[C@H]2F. The van der Waals surface area contributed by atoms with Gasteiger partial charge in [-0.15, -0.1) is 0 Å². The summed E-state index contributed by atoms with van der Waals surface area (Å²) >= 11 is 9.19. The number of nitrogen functional groups attached to an aromatic ring is 1. The van der Waals surface area contributed by atoms with Crippen molar-refractivity contribution in [3.05, 3.63) is 31.0 Å². The highest BCUT2D eigenvalue weighted by Gasteiger charge is 2.54. The van der Waals surface area contributed by atoms with Crippen molar-refractivity contribution >= 4 is 65.7 Å². The molecule has 2 bridgehead atoms. The van der Waals surface area contributed by atoms with E-state index in [1.807, 2.05) is 0 Å². The molecule has 10 atom stereocenters. The molecule has 17 nitrogen and oxygen atoms in total. The minimum absolute atomic E-state index is 0.0595. The van der Waals surface area contributed by atoms with Gasteiger partial charge < -0.3 is 24.6 Å². The van der Waals surface area contributed by atoms with Crippen LogP contribution in [0.1, 0.15) is 18.1 Å². The molecule has 7 rings (SSSR count). The minimum Gasteiger partial charge on any atom is -0.382 e. The lowest BCUT2D eigenvalue weighted by Crippen LogP contribution is -2.34. The summed E-state index contributed by atoms with van der Waals surface area (Å²) < 4.78 is 81.7. The molecule has 3 aliphatic heterocycles. The van der Waals surface area contributed by atoms with E-state index in [1.54, 1.807) is 6.92 Å². The quantitative estimate of drug-likeness (QED) is 0.203.